The molecule has 0 radical (unpaired) electrons. The van der Waals surface area contributed by atoms with Crippen molar-refractivity contribution >= 4 is 11.8 Å². The van der Waals surface area contributed by atoms with Gasteiger partial charge in [-0.25, -0.2) is 4.79 Å². The van der Waals surface area contributed by atoms with Gasteiger partial charge < -0.3 is 14.4 Å². The molecule has 30 heavy (non-hydrogen) atoms. The number of piperazine rings is 1. The lowest BCUT2D eigenvalue weighted by Gasteiger charge is -2.48. The lowest BCUT2D eigenvalue weighted by atomic mass is 9.79. The van der Waals surface area contributed by atoms with Crippen molar-refractivity contribution in [3.63, 3.8) is 0 Å². The topological polar surface area (TPSA) is 54.4 Å². The van der Waals surface area contributed by atoms with Gasteiger partial charge in [0.1, 0.15) is 17.6 Å². The molecular formula is C24H35N3O3. The smallest absolute Gasteiger partial charge is 0.330 e. The molecule has 0 amide bonds. The van der Waals surface area contributed by atoms with Gasteiger partial charge in [0.05, 0.1) is 20.3 Å². The third-order valence-corrected chi connectivity index (χ3v) is 5.92. The molecule has 6 nitrogen and oxygen atoms in total. The summed E-state index contributed by atoms with van der Waals surface area (Å²) >= 11 is 0. The Balaban J connectivity index is 2.01. The van der Waals surface area contributed by atoms with Crippen molar-refractivity contribution < 1.29 is 14.3 Å². The third-order valence-electron chi connectivity index (χ3n) is 5.92. The Morgan fingerprint density at radius 2 is 1.87 bits per heavy atom. The fourth-order valence-corrected chi connectivity index (χ4v) is 4.76. The van der Waals surface area contributed by atoms with Crippen molar-refractivity contribution in [3.8, 4) is 5.75 Å². The van der Waals surface area contributed by atoms with Gasteiger partial charge in [-0.2, -0.15) is 0 Å². The predicted molar refractivity (Wildman–Crippen MR) is 120 cm³/mol. The van der Waals surface area contributed by atoms with Crippen molar-refractivity contribution in [3.05, 3.63) is 41.1 Å². The fraction of sp³-hybridized carbons (Fsp3) is 0.583. The molecule has 164 valence electrons. The third kappa shape index (κ3) is 4.38. The summed E-state index contributed by atoms with van der Waals surface area (Å²) in [5.74, 6) is 1.61. The summed E-state index contributed by atoms with van der Waals surface area (Å²) in [6, 6.07) is 7.84. The minimum Gasteiger partial charge on any atom is -0.497 e. The van der Waals surface area contributed by atoms with E-state index in [4.69, 9.17) is 14.5 Å². The zero-order chi connectivity index (χ0) is 22.1. The van der Waals surface area contributed by atoms with Gasteiger partial charge in [-0.3, -0.25) is 9.89 Å². The van der Waals surface area contributed by atoms with Crippen LogP contribution >= 0.6 is 0 Å². The van der Waals surface area contributed by atoms with Crippen molar-refractivity contribution in [1.82, 2.24) is 9.80 Å². The van der Waals surface area contributed by atoms with Gasteiger partial charge in [0.15, 0.2) is 0 Å². The van der Waals surface area contributed by atoms with Gasteiger partial charge in [-0.15, -0.1) is 0 Å². The molecule has 0 saturated carbocycles. The average molecular weight is 414 g/mol. The molecular weight excluding hydrogens is 378 g/mol. The van der Waals surface area contributed by atoms with Crippen molar-refractivity contribution in [2.24, 2.45) is 10.4 Å². The minimum absolute atomic E-state index is 0.0421. The van der Waals surface area contributed by atoms with E-state index in [2.05, 4.69) is 56.6 Å². The molecule has 0 unspecified atom stereocenters. The van der Waals surface area contributed by atoms with Gasteiger partial charge in [0.25, 0.3) is 0 Å². The molecule has 1 aromatic carbocycles. The van der Waals surface area contributed by atoms with Gasteiger partial charge in [0, 0.05) is 31.8 Å². The SMILES string of the molecule is CCC1=N[C@@H](C)C(C(C)(C)C)=C2CN(Cc3ccc(OC)cc3)C[C@@H](C(=O)OC)N12. The van der Waals surface area contributed by atoms with Gasteiger partial charge >= 0.3 is 5.97 Å². The second-order valence-corrected chi connectivity index (χ2v) is 9.11. The highest BCUT2D eigenvalue weighted by molar-refractivity contribution is 5.91. The second-order valence-electron chi connectivity index (χ2n) is 9.11. The Morgan fingerprint density at radius 1 is 1.20 bits per heavy atom. The molecule has 3 rings (SSSR count). The summed E-state index contributed by atoms with van der Waals surface area (Å²) in [7, 11) is 3.14. The standard InChI is InChI=1S/C24H35N3O3/c1-8-21-25-16(2)22(24(3,4)5)19-14-26(15-20(27(19)21)23(28)30-7)13-17-9-11-18(29-6)12-10-17/h9-12,16,20H,8,13-15H2,1-7H3/t16-,20-/m0/s1. The normalized spacial score (nSPS) is 22.5. The number of carbonyl (C=O) groups excluding carboxylic acids is 1. The molecule has 2 heterocycles. The molecule has 0 spiro atoms. The van der Waals surface area contributed by atoms with Crippen molar-refractivity contribution in [1.29, 1.82) is 0 Å². The van der Waals surface area contributed by atoms with E-state index in [0.717, 1.165) is 31.1 Å². The number of hydrogen-bond donors (Lipinski definition) is 0. The zero-order valence-corrected chi connectivity index (χ0v) is 19.4. The van der Waals surface area contributed by atoms with Crippen LogP contribution in [0.3, 0.4) is 0 Å². The first-order chi connectivity index (χ1) is 14.2. The Bertz CT molecular complexity index is 836. The highest BCUT2D eigenvalue weighted by atomic mass is 16.5. The lowest BCUT2D eigenvalue weighted by molar-refractivity contribution is -0.146. The number of hydrogen-bond acceptors (Lipinski definition) is 6. The molecule has 0 N–H and O–H groups in total. The maximum atomic E-state index is 12.8. The van der Waals surface area contributed by atoms with Crippen LogP contribution in [0.15, 0.2) is 40.5 Å². The number of methoxy groups -OCH3 is 2. The molecule has 1 aromatic rings. The molecule has 0 aliphatic carbocycles. The van der Waals surface area contributed by atoms with Crippen LogP contribution in [-0.2, 0) is 16.1 Å². The highest BCUT2D eigenvalue weighted by Gasteiger charge is 2.43. The van der Waals surface area contributed by atoms with Gasteiger partial charge in [-0.05, 0) is 35.6 Å². The van der Waals surface area contributed by atoms with E-state index in [-0.39, 0.29) is 23.5 Å². The summed E-state index contributed by atoms with van der Waals surface area (Å²) in [5, 5.41) is 0. The summed E-state index contributed by atoms with van der Waals surface area (Å²) in [6.07, 6.45) is 0.789. The van der Waals surface area contributed by atoms with Crippen LogP contribution in [-0.4, -0.2) is 61.0 Å². The first-order valence-corrected chi connectivity index (χ1v) is 10.7. The minimum atomic E-state index is -0.388. The molecule has 2 aliphatic rings. The number of carbonyl (C=O) groups is 1. The molecule has 6 heteroatoms. The molecule has 0 bridgehead atoms. The lowest BCUT2D eigenvalue weighted by Crippen LogP contribution is -2.59. The molecule has 0 aromatic heterocycles. The van der Waals surface area contributed by atoms with Crippen LogP contribution in [0.25, 0.3) is 0 Å². The van der Waals surface area contributed by atoms with Crippen LogP contribution < -0.4 is 4.74 Å². The number of rotatable bonds is 5. The van der Waals surface area contributed by atoms with E-state index in [0.29, 0.717) is 6.54 Å². The highest BCUT2D eigenvalue weighted by Crippen LogP contribution is 2.39. The zero-order valence-electron chi connectivity index (χ0n) is 19.4. The van der Waals surface area contributed by atoms with Crippen LogP contribution in [0, 0.1) is 5.41 Å². The summed E-state index contributed by atoms with van der Waals surface area (Å²) in [5.41, 5.74) is 3.66. The number of esters is 1. The predicted octanol–water partition coefficient (Wildman–Crippen LogP) is 3.87. The monoisotopic (exact) mass is 413 g/mol. The van der Waals surface area contributed by atoms with Gasteiger partial charge in [0.2, 0.25) is 0 Å². The molecule has 1 fully saturated rings. The van der Waals surface area contributed by atoms with Gasteiger partial charge in [-0.1, -0.05) is 39.8 Å². The summed E-state index contributed by atoms with van der Waals surface area (Å²) < 4.78 is 10.5. The van der Waals surface area contributed by atoms with E-state index in [1.807, 2.05) is 12.1 Å². The largest absolute Gasteiger partial charge is 0.497 e. The van der Waals surface area contributed by atoms with E-state index in [1.54, 1.807) is 7.11 Å². The van der Waals surface area contributed by atoms with E-state index in [1.165, 1.54) is 23.9 Å². The first kappa shape index (κ1) is 22.3. The van der Waals surface area contributed by atoms with E-state index in [9.17, 15) is 4.79 Å². The van der Waals surface area contributed by atoms with Crippen LogP contribution in [0.5, 0.6) is 5.75 Å². The Kier molecular flexibility index (Phi) is 6.56. The van der Waals surface area contributed by atoms with Crippen LogP contribution in [0.4, 0.5) is 0 Å². The number of fused-ring (bicyclic) bond motifs is 1. The number of aliphatic imine (C=N–C) groups is 1. The first-order valence-electron chi connectivity index (χ1n) is 10.7. The summed E-state index contributed by atoms with van der Waals surface area (Å²) in [6.45, 7) is 13.1. The van der Waals surface area contributed by atoms with Crippen molar-refractivity contribution in [2.45, 2.75) is 59.7 Å². The van der Waals surface area contributed by atoms with Crippen LogP contribution in [0.2, 0.25) is 0 Å². The van der Waals surface area contributed by atoms with E-state index < -0.39 is 0 Å². The quantitative estimate of drug-likeness (QED) is 0.686. The fourth-order valence-electron chi connectivity index (χ4n) is 4.76. The Morgan fingerprint density at radius 3 is 2.40 bits per heavy atom. The molecule has 2 aliphatic heterocycles. The maximum Gasteiger partial charge on any atom is 0.330 e. The average Bonchev–Trinajstić information content (AvgIpc) is 2.71. The van der Waals surface area contributed by atoms with E-state index >= 15 is 0 Å². The second kappa shape index (κ2) is 8.80. The maximum absolute atomic E-state index is 12.8. The number of amidine groups is 1. The number of nitrogens with zero attached hydrogens (tertiary/aromatic N) is 3. The van der Waals surface area contributed by atoms with Crippen LogP contribution in [0.1, 0.15) is 46.6 Å². The summed E-state index contributed by atoms with van der Waals surface area (Å²) in [4.78, 5) is 22.3. The molecule has 2 atom stereocenters. The Labute approximate surface area is 180 Å². The van der Waals surface area contributed by atoms with Crippen molar-refractivity contribution in [2.75, 3.05) is 27.3 Å². The number of benzene rings is 1. The Hall–Kier alpha value is -2.34. The molecule has 1 saturated heterocycles. The number of ether oxygens (including phenoxy) is 2.